The van der Waals surface area contributed by atoms with Crippen molar-refractivity contribution in [2.75, 3.05) is 19.8 Å². The van der Waals surface area contributed by atoms with E-state index in [1.54, 1.807) is 13.8 Å². The van der Waals surface area contributed by atoms with E-state index in [0.717, 1.165) is 12.1 Å². The summed E-state index contributed by atoms with van der Waals surface area (Å²) in [6.45, 7) is 4.35. The van der Waals surface area contributed by atoms with Crippen molar-refractivity contribution < 1.29 is 17.5 Å². The van der Waals surface area contributed by atoms with Crippen molar-refractivity contribution in [3.8, 4) is 0 Å². The fraction of sp³-hybridized carbons (Fsp3) is 0.500. The molecule has 7 heteroatoms. The molecule has 1 aliphatic rings. The summed E-state index contributed by atoms with van der Waals surface area (Å²) >= 11 is 5.89. The van der Waals surface area contributed by atoms with Gasteiger partial charge in [0.25, 0.3) is 0 Å². The first-order valence-electron chi connectivity index (χ1n) is 5.81. The molecule has 0 aliphatic carbocycles. The van der Waals surface area contributed by atoms with E-state index in [2.05, 4.69) is 0 Å². The highest BCUT2D eigenvalue weighted by atomic mass is 35.5. The average Bonchev–Trinajstić information content (AvgIpc) is 2.31. The van der Waals surface area contributed by atoms with Crippen molar-refractivity contribution in [3.05, 3.63) is 29.0 Å². The summed E-state index contributed by atoms with van der Waals surface area (Å²) < 4.78 is 45.1. The standard InChI is InChI=1S/C12H15ClFNO3S/c1-12(2)8-18-6-5-15(12)19(16,17)11-7-9(14)3-4-10(11)13/h3-4,7H,5-6,8H2,1-2H3. The Morgan fingerprint density at radius 2 is 2.11 bits per heavy atom. The molecule has 19 heavy (non-hydrogen) atoms. The van der Waals surface area contributed by atoms with Crippen LogP contribution in [0, 0.1) is 5.82 Å². The van der Waals surface area contributed by atoms with E-state index in [0.29, 0.717) is 13.2 Å². The van der Waals surface area contributed by atoms with Gasteiger partial charge >= 0.3 is 0 Å². The number of halogens is 2. The van der Waals surface area contributed by atoms with Crippen molar-refractivity contribution in [1.29, 1.82) is 0 Å². The van der Waals surface area contributed by atoms with Crippen molar-refractivity contribution >= 4 is 21.6 Å². The van der Waals surface area contributed by atoms with E-state index in [4.69, 9.17) is 16.3 Å². The predicted octanol–water partition coefficient (Wildman–Crippen LogP) is 2.28. The Kier molecular flexibility index (Phi) is 3.88. The molecule has 0 spiro atoms. The van der Waals surface area contributed by atoms with Gasteiger partial charge in [-0.1, -0.05) is 11.6 Å². The van der Waals surface area contributed by atoms with Gasteiger partial charge in [-0.2, -0.15) is 4.31 Å². The van der Waals surface area contributed by atoms with Crippen molar-refractivity contribution in [3.63, 3.8) is 0 Å². The monoisotopic (exact) mass is 307 g/mol. The molecule has 1 aromatic rings. The minimum atomic E-state index is -3.84. The number of morpholine rings is 1. The molecule has 1 fully saturated rings. The van der Waals surface area contributed by atoms with Gasteiger partial charge in [0.1, 0.15) is 10.7 Å². The molecule has 1 saturated heterocycles. The van der Waals surface area contributed by atoms with Crippen LogP contribution in [0.5, 0.6) is 0 Å². The molecule has 106 valence electrons. The Hall–Kier alpha value is -0.690. The van der Waals surface area contributed by atoms with E-state index in [-0.39, 0.29) is 16.5 Å². The molecule has 0 aromatic heterocycles. The second kappa shape index (κ2) is 5.01. The van der Waals surface area contributed by atoms with Gasteiger partial charge < -0.3 is 4.74 Å². The van der Waals surface area contributed by atoms with Crippen LogP contribution in [0.25, 0.3) is 0 Å². The molecule has 1 heterocycles. The first kappa shape index (κ1) is 14.7. The van der Waals surface area contributed by atoms with Crippen LogP contribution in [0.4, 0.5) is 4.39 Å². The minimum Gasteiger partial charge on any atom is -0.378 e. The lowest BCUT2D eigenvalue weighted by Crippen LogP contribution is -2.55. The van der Waals surface area contributed by atoms with Gasteiger partial charge in [0.15, 0.2) is 0 Å². The van der Waals surface area contributed by atoms with Crippen molar-refractivity contribution in [1.82, 2.24) is 4.31 Å². The molecule has 0 radical (unpaired) electrons. The topological polar surface area (TPSA) is 46.6 Å². The van der Waals surface area contributed by atoms with Crippen LogP contribution in [0.1, 0.15) is 13.8 Å². The number of benzene rings is 1. The van der Waals surface area contributed by atoms with Gasteiger partial charge in [0.2, 0.25) is 10.0 Å². The number of rotatable bonds is 2. The summed E-state index contributed by atoms with van der Waals surface area (Å²) in [5, 5.41) is 0.0173. The Morgan fingerprint density at radius 3 is 2.74 bits per heavy atom. The Morgan fingerprint density at radius 1 is 1.42 bits per heavy atom. The van der Waals surface area contributed by atoms with Gasteiger partial charge in [0.05, 0.1) is 23.8 Å². The molecule has 0 atom stereocenters. The number of ether oxygens (including phenoxy) is 1. The first-order chi connectivity index (χ1) is 8.75. The Labute approximate surface area is 117 Å². The van der Waals surface area contributed by atoms with E-state index < -0.39 is 21.4 Å². The summed E-state index contributed by atoms with van der Waals surface area (Å²) in [7, 11) is -3.84. The number of nitrogens with zero attached hydrogens (tertiary/aromatic N) is 1. The first-order valence-corrected chi connectivity index (χ1v) is 7.62. The second-order valence-corrected chi connectivity index (χ2v) is 7.25. The Balaban J connectivity index is 2.50. The third kappa shape index (κ3) is 2.76. The molecular weight excluding hydrogens is 293 g/mol. The summed E-state index contributed by atoms with van der Waals surface area (Å²) in [4.78, 5) is -0.204. The zero-order chi connectivity index (χ0) is 14.3. The number of hydrogen-bond donors (Lipinski definition) is 0. The predicted molar refractivity (Wildman–Crippen MR) is 70.2 cm³/mol. The summed E-state index contributed by atoms with van der Waals surface area (Å²) in [6.07, 6.45) is 0. The molecule has 4 nitrogen and oxygen atoms in total. The van der Waals surface area contributed by atoms with Gasteiger partial charge in [-0.25, -0.2) is 12.8 Å². The zero-order valence-electron chi connectivity index (χ0n) is 10.7. The third-order valence-corrected chi connectivity index (χ3v) is 5.62. The van der Waals surface area contributed by atoms with E-state index in [9.17, 15) is 12.8 Å². The molecule has 1 aromatic carbocycles. The lowest BCUT2D eigenvalue weighted by Gasteiger charge is -2.40. The summed E-state index contributed by atoms with van der Waals surface area (Å²) in [6, 6.07) is 3.33. The zero-order valence-corrected chi connectivity index (χ0v) is 12.3. The molecule has 0 bridgehead atoms. The largest absolute Gasteiger partial charge is 0.378 e. The quantitative estimate of drug-likeness (QED) is 0.842. The van der Waals surface area contributed by atoms with Crippen LogP contribution in [0.2, 0.25) is 5.02 Å². The van der Waals surface area contributed by atoms with Crippen molar-refractivity contribution in [2.45, 2.75) is 24.3 Å². The lowest BCUT2D eigenvalue weighted by molar-refractivity contribution is -0.00771. The molecule has 0 amide bonds. The van der Waals surface area contributed by atoms with Gasteiger partial charge in [0, 0.05) is 6.54 Å². The maximum absolute atomic E-state index is 13.3. The van der Waals surface area contributed by atoms with E-state index >= 15 is 0 Å². The van der Waals surface area contributed by atoms with Gasteiger partial charge in [-0.3, -0.25) is 0 Å². The highest BCUT2D eigenvalue weighted by Crippen LogP contribution is 2.31. The van der Waals surface area contributed by atoms with Gasteiger partial charge in [-0.15, -0.1) is 0 Å². The Bertz CT molecular complexity index is 589. The molecule has 2 rings (SSSR count). The second-order valence-electron chi connectivity index (χ2n) is 5.02. The number of sulfonamides is 1. The van der Waals surface area contributed by atoms with Crippen LogP contribution in [-0.4, -0.2) is 38.0 Å². The molecule has 0 saturated carbocycles. The molecule has 0 N–H and O–H groups in total. The van der Waals surface area contributed by atoms with Crippen LogP contribution < -0.4 is 0 Å². The normalized spacial score (nSPS) is 20.4. The third-order valence-electron chi connectivity index (χ3n) is 3.03. The summed E-state index contributed by atoms with van der Waals surface area (Å²) in [5.74, 6) is -0.631. The molecule has 0 unspecified atom stereocenters. The van der Waals surface area contributed by atoms with Crippen LogP contribution in [0.15, 0.2) is 23.1 Å². The van der Waals surface area contributed by atoms with Crippen LogP contribution in [-0.2, 0) is 14.8 Å². The van der Waals surface area contributed by atoms with Crippen molar-refractivity contribution in [2.24, 2.45) is 0 Å². The maximum Gasteiger partial charge on any atom is 0.245 e. The highest BCUT2D eigenvalue weighted by molar-refractivity contribution is 7.89. The van der Waals surface area contributed by atoms with E-state index in [1.807, 2.05) is 0 Å². The summed E-state index contributed by atoms with van der Waals surface area (Å²) in [5.41, 5.74) is -0.688. The SMILES string of the molecule is CC1(C)COCCN1S(=O)(=O)c1cc(F)ccc1Cl. The highest BCUT2D eigenvalue weighted by Gasteiger charge is 2.40. The van der Waals surface area contributed by atoms with Crippen LogP contribution in [0.3, 0.4) is 0 Å². The fourth-order valence-electron chi connectivity index (χ4n) is 2.08. The average molecular weight is 308 g/mol. The van der Waals surface area contributed by atoms with Crippen LogP contribution >= 0.6 is 11.6 Å². The maximum atomic E-state index is 13.3. The van der Waals surface area contributed by atoms with Gasteiger partial charge in [-0.05, 0) is 32.0 Å². The fourth-order valence-corrected chi connectivity index (χ4v) is 4.32. The molecule has 1 aliphatic heterocycles. The molecular formula is C12H15ClFNO3S. The number of hydrogen-bond acceptors (Lipinski definition) is 3. The lowest BCUT2D eigenvalue weighted by atomic mass is 10.1. The minimum absolute atomic E-state index is 0.0173. The smallest absolute Gasteiger partial charge is 0.245 e. The van der Waals surface area contributed by atoms with E-state index in [1.165, 1.54) is 10.4 Å².